The third kappa shape index (κ3) is 1.30. The number of hydrogen-bond donors (Lipinski definition) is 0. The number of Topliss-reactive ketones (excluding diaryl/α,β-unsaturated/α-hetero) is 1. The largest absolute Gasteiger partial charge is 0.493 e. The van der Waals surface area contributed by atoms with Gasteiger partial charge in [-0.25, -0.2) is 0 Å². The van der Waals surface area contributed by atoms with Crippen LogP contribution in [0.3, 0.4) is 0 Å². The first kappa shape index (κ1) is 10.8. The number of benzene rings is 1. The van der Waals surface area contributed by atoms with E-state index in [-0.39, 0.29) is 11.3 Å². The van der Waals surface area contributed by atoms with Crippen molar-refractivity contribution in [1.82, 2.24) is 0 Å². The van der Waals surface area contributed by atoms with Crippen molar-refractivity contribution >= 4 is 5.78 Å². The molecule has 0 aromatic heterocycles. The van der Waals surface area contributed by atoms with Crippen LogP contribution in [0, 0.1) is 11.3 Å². The minimum atomic E-state index is -0.211. The van der Waals surface area contributed by atoms with Gasteiger partial charge in [-0.15, -0.1) is 0 Å². The second-order valence-corrected chi connectivity index (χ2v) is 5.77. The van der Waals surface area contributed by atoms with Crippen LogP contribution in [0.15, 0.2) is 18.2 Å². The van der Waals surface area contributed by atoms with E-state index in [1.54, 1.807) is 0 Å². The van der Waals surface area contributed by atoms with Gasteiger partial charge < -0.3 is 4.74 Å². The summed E-state index contributed by atoms with van der Waals surface area (Å²) in [6.07, 6.45) is 0.985. The predicted molar refractivity (Wildman–Crippen MR) is 66.3 cm³/mol. The summed E-state index contributed by atoms with van der Waals surface area (Å²) in [5, 5.41) is 0. The summed E-state index contributed by atoms with van der Waals surface area (Å²) in [6, 6.07) is 6.25. The second-order valence-electron chi connectivity index (χ2n) is 5.77. The average Bonchev–Trinajstić information content (AvgIpc) is 2.77. The highest BCUT2D eigenvalue weighted by atomic mass is 16.5. The topological polar surface area (TPSA) is 26.3 Å². The summed E-state index contributed by atoms with van der Waals surface area (Å²) in [7, 11) is 0. The Morgan fingerprint density at radius 3 is 2.82 bits per heavy atom. The molecule has 17 heavy (non-hydrogen) atoms. The van der Waals surface area contributed by atoms with Crippen molar-refractivity contribution in [3.05, 3.63) is 29.3 Å². The smallest absolute Gasteiger partial charge is 0.142 e. The van der Waals surface area contributed by atoms with E-state index >= 15 is 0 Å². The summed E-state index contributed by atoms with van der Waals surface area (Å²) in [5.41, 5.74) is 2.44. The maximum atomic E-state index is 11.9. The van der Waals surface area contributed by atoms with E-state index in [0.29, 0.717) is 11.7 Å². The van der Waals surface area contributed by atoms with Crippen LogP contribution < -0.4 is 4.74 Å². The Balaban J connectivity index is 2.07. The van der Waals surface area contributed by atoms with Gasteiger partial charge in [-0.3, -0.25) is 4.79 Å². The van der Waals surface area contributed by atoms with Gasteiger partial charge in [0.2, 0.25) is 0 Å². The maximum absolute atomic E-state index is 11.9. The minimum Gasteiger partial charge on any atom is -0.493 e. The maximum Gasteiger partial charge on any atom is 0.142 e. The molecule has 1 aromatic rings. The van der Waals surface area contributed by atoms with Crippen molar-refractivity contribution in [2.45, 2.75) is 33.1 Å². The standard InChI is InChI=1S/C15H18O2/c1-9-13(15(2,3)14(9)16)11-5-4-6-12-10(11)7-8-17-12/h4-6,9,13H,7-8H2,1-3H3. The van der Waals surface area contributed by atoms with E-state index in [2.05, 4.69) is 19.9 Å². The average molecular weight is 230 g/mol. The van der Waals surface area contributed by atoms with E-state index in [0.717, 1.165) is 18.8 Å². The highest BCUT2D eigenvalue weighted by Gasteiger charge is 2.54. The van der Waals surface area contributed by atoms with Gasteiger partial charge in [0.05, 0.1) is 6.61 Å². The van der Waals surface area contributed by atoms with Crippen LogP contribution in [0.4, 0.5) is 0 Å². The van der Waals surface area contributed by atoms with Crippen molar-refractivity contribution in [2.75, 3.05) is 6.61 Å². The van der Waals surface area contributed by atoms with Crippen LogP contribution in [-0.2, 0) is 11.2 Å². The molecule has 3 rings (SSSR count). The number of hydrogen-bond acceptors (Lipinski definition) is 2. The molecule has 2 aliphatic rings. The van der Waals surface area contributed by atoms with Gasteiger partial charge in [-0.05, 0) is 11.6 Å². The van der Waals surface area contributed by atoms with Crippen molar-refractivity contribution in [2.24, 2.45) is 11.3 Å². The first-order chi connectivity index (χ1) is 8.03. The molecule has 90 valence electrons. The summed E-state index contributed by atoms with van der Waals surface area (Å²) in [5.74, 6) is 1.91. The number of rotatable bonds is 1. The molecular formula is C15H18O2. The first-order valence-electron chi connectivity index (χ1n) is 6.32. The molecule has 1 aliphatic heterocycles. The van der Waals surface area contributed by atoms with Crippen LogP contribution in [0.25, 0.3) is 0 Å². The van der Waals surface area contributed by atoms with Crippen LogP contribution in [0.2, 0.25) is 0 Å². The molecule has 2 atom stereocenters. The zero-order valence-electron chi connectivity index (χ0n) is 10.6. The lowest BCUT2D eigenvalue weighted by Crippen LogP contribution is -2.51. The summed E-state index contributed by atoms with van der Waals surface area (Å²) < 4.78 is 5.60. The second kappa shape index (κ2) is 3.34. The third-order valence-corrected chi connectivity index (χ3v) is 4.44. The minimum absolute atomic E-state index is 0.150. The molecular weight excluding hydrogens is 212 g/mol. The molecule has 0 spiro atoms. The molecule has 0 amide bonds. The van der Waals surface area contributed by atoms with Crippen molar-refractivity contribution < 1.29 is 9.53 Å². The monoisotopic (exact) mass is 230 g/mol. The zero-order chi connectivity index (χ0) is 12.2. The van der Waals surface area contributed by atoms with Gasteiger partial charge in [0, 0.05) is 29.2 Å². The number of fused-ring (bicyclic) bond motifs is 1. The van der Waals surface area contributed by atoms with E-state index < -0.39 is 0 Å². The van der Waals surface area contributed by atoms with Crippen LogP contribution in [0.5, 0.6) is 5.75 Å². The van der Waals surface area contributed by atoms with Gasteiger partial charge in [0.25, 0.3) is 0 Å². The zero-order valence-corrected chi connectivity index (χ0v) is 10.6. The van der Waals surface area contributed by atoms with Gasteiger partial charge in [-0.2, -0.15) is 0 Å². The lowest BCUT2D eigenvalue weighted by atomic mass is 9.52. The molecule has 0 radical (unpaired) electrons. The Labute approximate surface area is 102 Å². The number of ketones is 1. The van der Waals surface area contributed by atoms with E-state index in [1.807, 2.05) is 19.1 Å². The third-order valence-electron chi connectivity index (χ3n) is 4.44. The molecule has 2 nitrogen and oxygen atoms in total. The van der Waals surface area contributed by atoms with Crippen molar-refractivity contribution in [3.8, 4) is 5.75 Å². The number of carbonyl (C=O) groups excluding carboxylic acids is 1. The summed E-state index contributed by atoms with van der Waals surface area (Å²) in [4.78, 5) is 11.9. The molecule has 0 bridgehead atoms. The quantitative estimate of drug-likeness (QED) is 0.741. The molecule has 1 fully saturated rings. The fourth-order valence-corrected chi connectivity index (χ4v) is 3.62. The van der Waals surface area contributed by atoms with Gasteiger partial charge in [0.1, 0.15) is 11.5 Å². The van der Waals surface area contributed by atoms with Gasteiger partial charge >= 0.3 is 0 Å². The summed E-state index contributed by atoms with van der Waals surface area (Å²) in [6.45, 7) is 6.96. The predicted octanol–water partition coefficient (Wildman–Crippen LogP) is 2.95. The molecule has 1 saturated carbocycles. The van der Waals surface area contributed by atoms with Crippen molar-refractivity contribution in [3.63, 3.8) is 0 Å². The van der Waals surface area contributed by atoms with Gasteiger partial charge in [-0.1, -0.05) is 32.9 Å². The van der Waals surface area contributed by atoms with E-state index in [1.165, 1.54) is 11.1 Å². The highest BCUT2D eigenvalue weighted by molar-refractivity contribution is 5.95. The van der Waals surface area contributed by atoms with Crippen LogP contribution in [0.1, 0.15) is 37.8 Å². The molecule has 2 unspecified atom stereocenters. The molecule has 1 aromatic carbocycles. The van der Waals surface area contributed by atoms with E-state index in [4.69, 9.17) is 4.74 Å². The van der Waals surface area contributed by atoms with Crippen LogP contribution in [-0.4, -0.2) is 12.4 Å². The Kier molecular flexibility index (Phi) is 2.13. The Morgan fingerprint density at radius 2 is 2.12 bits per heavy atom. The molecule has 0 saturated heterocycles. The highest BCUT2D eigenvalue weighted by Crippen LogP contribution is 2.55. The van der Waals surface area contributed by atoms with Gasteiger partial charge in [0.15, 0.2) is 0 Å². The molecule has 1 aliphatic carbocycles. The fraction of sp³-hybridized carbons (Fsp3) is 0.533. The molecule has 2 heteroatoms. The number of ether oxygens (including phenoxy) is 1. The normalized spacial score (nSPS) is 29.5. The van der Waals surface area contributed by atoms with Crippen molar-refractivity contribution in [1.29, 1.82) is 0 Å². The molecule has 0 N–H and O–H groups in total. The lowest BCUT2D eigenvalue weighted by molar-refractivity contribution is -0.145. The Bertz CT molecular complexity index is 488. The Morgan fingerprint density at radius 1 is 1.35 bits per heavy atom. The molecule has 1 heterocycles. The number of carbonyl (C=O) groups is 1. The fourth-order valence-electron chi connectivity index (χ4n) is 3.62. The summed E-state index contributed by atoms with van der Waals surface area (Å²) >= 11 is 0. The SMILES string of the molecule is CC1C(=O)C(C)(C)C1c1cccc2c1CCO2. The van der Waals surface area contributed by atoms with Crippen LogP contribution >= 0.6 is 0 Å². The van der Waals surface area contributed by atoms with E-state index in [9.17, 15) is 4.79 Å². The Hall–Kier alpha value is -1.31. The lowest BCUT2D eigenvalue weighted by Gasteiger charge is -2.49. The first-order valence-corrected chi connectivity index (χ1v) is 6.32.